The molecule has 5 aromatic rings. The highest BCUT2D eigenvalue weighted by Gasteiger charge is 2.15. The van der Waals surface area contributed by atoms with Crippen molar-refractivity contribution in [2.45, 2.75) is 18.9 Å². The molecule has 0 bridgehead atoms. The summed E-state index contributed by atoms with van der Waals surface area (Å²) in [6.45, 7) is 4.06. The van der Waals surface area contributed by atoms with Crippen molar-refractivity contribution in [3.8, 4) is 11.1 Å². The van der Waals surface area contributed by atoms with E-state index in [1.807, 2.05) is 25.1 Å². The monoisotopic (exact) mass is 462 g/mol. The Hall–Kier alpha value is -2.81. The number of nitrogens with zero attached hydrogens (tertiary/aromatic N) is 3. The van der Waals surface area contributed by atoms with Crippen molar-refractivity contribution in [3.05, 3.63) is 64.7 Å². The minimum absolute atomic E-state index is 0.0653. The Balaban J connectivity index is 1.35. The SMILES string of the molecule is Cc1ccc(-c2csc3ncnc(SCC(=O)Nc4ccc5nc(C)sc5c4)c23)cc1. The van der Waals surface area contributed by atoms with Gasteiger partial charge in [-0.05, 0) is 37.6 Å². The lowest BCUT2D eigenvalue weighted by Crippen LogP contribution is -2.14. The molecule has 0 saturated carbocycles. The Morgan fingerprint density at radius 2 is 1.94 bits per heavy atom. The maximum atomic E-state index is 12.6. The van der Waals surface area contributed by atoms with Gasteiger partial charge >= 0.3 is 0 Å². The molecular formula is C23H18N4OS3. The standard InChI is InChI=1S/C23H18N4OS3/c1-13-3-5-15(6-4-13)17-10-29-22-21(17)23(25-12-24-22)30-11-20(28)27-16-7-8-18-19(9-16)31-14(2)26-18/h3-10,12H,11H2,1-2H3,(H,27,28). The van der Waals surface area contributed by atoms with Crippen LogP contribution in [0.4, 0.5) is 5.69 Å². The van der Waals surface area contributed by atoms with E-state index in [4.69, 9.17) is 0 Å². The van der Waals surface area contributed by atoms with Gasteiger partial charge in [0, 0.05) is 16.6 Å². The molecule has 1 amide bonds. The van der Waals surface area contributed by atoms with E-state index in [-0.39, 0.29) is 11.7 Å². The number of hydrogen-bond donors (Lipinski definition) is 1. The second kappa shape index (κ2) is 8.37. The molecule has 1 N–H and O–H groups in total. The third-order valence-electron chi connectivity index (χ3n) is 4.82. The molecule has 3 heterocycles. The number of thiophene rings is 1. The summed E-state index contributed by atoms with van der Waals surface area (Å²) in [5.74, 6) is 0.208. The van der Waals surface area contributed by atoms with Crippen LogP contribution in [0.5, 0.6) is 0 Å². The maximum Gasteiger partial charge on any atom is 0.234 e. The molecule has 0 unspecified atom stereocenters. The van der Waals surface area contributed by atoms with Crippen LogP contribution in [-0.2, 0) is 4.79 Å². The number of aromatic nitrogens is 3. The number of thioether (sulfide) groups is 1. The van der Waals surface area contributed by atoms with Gasteiger partial charge in [-0.3, -0.25) is 4.79 Å². The predicted molar refractivity (Wildman–Crippen MR) is 131 cm³/mol. The fraction of sp³-hybridized carbons (Fsp3) is 0.130. The van der Waals surface area contributed by atoms with Crippen molar-refractivity contribution in [2.24, 2.45) is 0 Å². The lowest BCUT2D eigenvalue weighted by molar-refractivity contribution is -0.113. The third-order valence-corrected chi connectivity index (χ3v) is 7.63. The Morgan fingerprint density at radius 3 is 2.77 bits per heavy atom. The average molecular weight is 463 g/mol. The first-order valence-corrected chi connectivity index (χ1v) is 12.3. The quantitative estimate of drug-likeness (QED) is 0.245. The van der Waals surface area contributed by atoms with Gasteiger partial charge in [-0.25, -0.2) is 15.0 Å². The van der Waals surface area contributed by atoms with Crippen molar-refractivity contribution in [3.63, 3.8) is 0 Å². The number of aryl methyl sites for hydroxylation is 2. The van der Waals surface area contributed by atoms with E-state index >= 15 is 0 Å². The van der Waals surface area contributed by atoms with Gasteiger partial charge in [-0.2, -0.15) is 0 Å². The zero-order chi connectivity index (χ0) is 21.4. The average Bonchev–Trinajstić information content (AvgIpc) is 3.35. The van der Waals surface area contributed by atoms with Crippen LogP contribution in [0.2, 0.25) is 0 Å². The fourth-order valence-corrected chi connectivity index (χ4v) is 6.01. The fourth-order valence-electron chi connectivity index (χ4n) is 3.35. The van der Waals surface area contributed by atoms with Gasteiger partial charge in [0.15, 0.2) is 0 Å². The molecule has 154 valence electrons. The highest BCUT2D eigenvalue weighted by Crippen LogP contribution is 2.38. The minimum Gasteiger partial charge on any atom is -0.325 e. The van der Waals surface area contributed by atoms with Gasteiger partial charge in [0.05, 0.1) is 26.4 Å². The molecule has 31 heavy (non-hydrogen) atoms. The number of amides is 1. The number of anilines is 1. The molecular weight excluding hydrogens is 444 g/mol. The Labute approximate surface area is 191 Å². The highest BCUT2D eigenvalue weighted by atomic mass is 32.2. The number of hydrogen-bond acceptors (Lipinski definition) is 7. The lowest BCUT2D eigenvalue weighted by Gasteiger charge is -2.07. The van der Waals surface area contributed by atoms with E-state index in [1.165, 1.54) is 17.3 Å². The van der Waals surface area contributed by atoms with Crippen molar-refractivity contribution < 1.29 is 4.79 Å². The lowest BCUT2D eigenvalue weighted by atomic mass is 10.1. The smallest absolute Gasteiger partial charge is 0.234 e. The molecule has 3 aromatic heterocycles. The van der Waals surface area contributed by atoms with Crippen LogP contribution in [0, 0.1) is 13.8 Å². The number of benzene rings is 2. The summed E-state index contributed by atoms with van der Waals surface area (Å²) in [6.07, 6.45) is 1.57. The molecule has 5 rings (SSSR count). The van der Waals surface area contributed by atoms with Crippen LogP contribution < -0.4 is 5.32 Å². The molecule has 0 aliphatic rings. The van der Waals surface area contributed by atoms with Gasteiger partial charge in [0.1, 0.15) is 16.2 Å². The molecule has 0 fully saturated rings. The molecule has 0 aliphatic carbocycles. The maximum absolute atomic E-state index is 12.6. The Bertz CT molecular complexity index is 1410. The van der Waals surface area contributed by atoms with Crippen molar-refractivity contribution >= 4 is 66.5 Å². The molecule has 8 heteroatoms. The number of fused-ring (bicyclic) bond motifs is 2. The van der Waals surface area contributed by atoms with Gasteiger partial charge in [0.2, 0.25) is 5.91 Å². The van der Waals surface area contributed by atoms with E-state index in [2.05, 4.69) is 56.8 Å². The molecule has 0 radical (unpaired) electrons. The van der Waals surface area contributed by atoms with Crippen LogP contribution in [-0.4, -0.2) is 26.6 Å². The van der Waals surface area contributed by atoms with Crippen LogP contribution in [0.1, 0.15) is 10.6 Å². The predicted octanol–water partition coefficient (Wildman–Crippen LogP) is 6.32. The van der Waals surface area contributed by atoms with Crippen LogP contribution in [0.25, 0.3) is 31.6 Å². The second-order valence-electron chi connectivity index (χ2n) is 7.13. The summed E-state index contributed by atoms with van der Waals surface area (Å²) in [5, 5.41) is 7.95. The number of thiazole rings is 1. The van der Waals surface area contributed by atoms with Crippen LogP contribution >= 0.6 is 34.4 Å². The van der Waals surface area contributed by atoms with E-state index < -0.39 is 0 Å². The third kappa shape index (κ3) is 4.19. The number of carbonyl (C=O) groups is 1. The molecule has 2 aromatic carbocycles. The summed E-state index contributed by atoms with van der Waals surface area (Å²) in [7, 11) is 0. The Morgan fingerprint density at radius 1 is 1.10 bits per heavy atom. The van der Waals surface area contributed by atoms with Gasteiger partial charge in [-0.1, -0.05) is 41.6 Å². The van der Waals surface area contributed by atoms with Crippen LogP contribution in [0.15, 0.2) is 59.2 Å². The van der Waals surface area contributed by atoms with Gasteiger partial charge < -0.3 is 5.32 Å². The molecule has 0 spiro atoms. The first-order valence-electron chi connectivity index (χ1n) is 9.66. The molecule has 0 saturated heterocycles. The summed E-state index contributed by atoms with van der Waals surface area (Å²) < 4.78 is 1.07. The Kier molecular flexibility index (Phi) is 5.43. The molecule has 0 atom stereocenters. The van der Waals surface area contributed by atoms with Crippen molar-refractivity contribution in [2.75, 3.05) is 11.1 Å². The summed E-state index contributed by atoms with van der Waals surface area (Å²) >= 11 is 4.66. The summed E-state index contributed by atoms with van der Waals surface area (Å²) in [6, 6.07) is 14.2. The minimum atomic E-state index is -0.0653. The van der Waals surface area contributed by atoms with E-state index in [0.29, 0.717) is 0 Å². The number of nitrogens with one attached hydrogen (secondary N) is 1. The van der Waals surface area contributed by atoms with Crippen molar-refractivity contribution in [1.29, 1.82) is 0 Å². The zero-order valence-electron chi connectivity index (χ0n) is 16.9. The van der Waals surface area contributed by atoms with E-state index in [9.17, 15) is 4.79 Å². The zero-order valence-corrected chi connectivity index (χ0v) is 19.3. The van der Waals surface area contributed by atoms with E-state index in [0.717, 1.165) is 47.3 Å². The topological polar surface area (TPSA) is 67.8 Å². The normalized spacial score (nSPS) is 11.3. The molecule has 5 nitrogen and oxygen atoms in total. The first-order chi connectivity index (χ1) is 15.1. The van der Waals surface area contributed by atoms with Gasteiger partial charge in [0.25, 0.3) is 0 Å². The van der Waals surface area contributed by atoms with E-state index in [1.54, 1.807) is 29.0 Å². The van der Waals surface area contributed by atoms with Crippen LogP contribution in [0.3, 0.4) is 0 Å². The first kappa shape index (κ1) is 20.1. The largest absolute Gasteiger partial charge is 0.325 e. The van der Waals surface area contributed by atoms with Gasteiger partial charge in [-0.15, -0.1) is 22.7 Å². The summed E-state index contributed by atoms with van der Waals surface area (Å²) in [4.78, 5) is 26.9. The number of carbonyl (C=O) groups excluding carboxylic acids is 1. The second-order valence-corrected chi connectivity index (χ2v) is 10.2. The number of rotatable bonds is 5. The molecule has 0 aliphatic heterocycles. The van der Waals surface area contributed by atoms with Crippen molar-refractivity contribution in [1.82, 2.24) is 15.0 Å². The summed E-state index contributed by atoms with van der Waals surface area (Å²) in [5.41, 5.74) is 5.20. The highest BCUT2D eigenvalue weighted by molar-refractivity contribution is 8.00.